The molecule has 3 aliphatic heterocycles. The molecule has 41 heavy (non-hydrogen) atoms. The largest absolute Gasteiger partial charge is 0.467 e. The number of carbonyl (C=O) groups excluding carboxylic acids is 1. The van der Waals surface area contributed by atoms with E-state index in [1.165, 1.54) is 38.9 Å². The predicted molar refractivity (Wildman–Crippen MR) is 157 cm³/mol. The number of nitrogens with zero attached hydrogens (tertiary/aromatic N) is 5. The van der Waals surface area contributed by atoms with Gasteiger partial charge in [-0.1, -0.05) is 32.1 Å². The lowest BCUT2D eigenvalue weighted by Crippen LogP contribution is -2.51. The van der Waals surface area contributed by atoms with Crippen molar-refractivity contribution in [2.75, 3.05) is 45.2 Å². The third-order valence-electron chi connectivity index (χ3n) is 7.47. The topological polar surface area (TPSA) is 95.5 Å². The highest BCUT2D eigenvalue weighted by atomic mass is 19.1. The average Bonchev–Trinajstić information content (AvgIpc) is 3.33. The predicted octanol–water partition coefficient (Wildman–Crippen LogP) is 2.30. The lowest BCUT2D eigenvalue weighted by atomic mass is 10.1. The number of rotatable bonds is 5. The molecule has 0 saturated carbocycles. The fourth-order valence-corrected chi connectivity index (χ4v) is 5.34. The van der Waals surface area contributed by atoms with Crippen molar-refractivity contribution in [1.82, 2.24) is 30.5 Å². The Labute approximate surface area is 239 Å². The van der Waals surface area contributed by atoms with E-state index < -0.39 is 11.6 Å². The molecule has 2 unspecified atom stereocenters. The summed E-state index contributed by atoms with van der Waals surface area (Å²) in [6, 6.07) is 5.16. The molecule has 9 nitrogen and oxygen atoms in total. The summed E-state index contributed by atoms with van der Waals surface area (Å²) in [6.45, 7) is 9.82. The first-order valence-electron chi connectivity index (χ1n) is 14.2. The minimum Gasteiger partial charge on any atom is -0.467 e. The fourth-order valence-electron chi connectivity index (χ4n) is 5.34. The number of likely N-dealkylation sites (tertiary alicyclic amines) is 1. The maximum absolute atomic E-state index is 16.0. The smallest absolute Gasteiger partial charge is 0.318 e. The third kappa shape index (κ3) is 6.46. The van der Waals surface area contributed by atoms with Crippen molar-refractivity contribution in [3.05, 3.63) is 52.2 Å². The number of pyridine rings is 1. The Morgan fingerprint density at radius 1 is 1.15 bits per heavy atom. The minimum atomic E-state index is -0.799. The minimum absolute atomic E-state index is 0.0127. The van der Waals surface area contributed by atoms with Gasteiger partial charge in [-0.05, 0) is 57.6 Å². The quantitative estimate of drug-likeness (QED) is 0.454. The molecule has 3 aromatic rings. The van der Waals surface area contributed by atoms with Gasteiger partial charge < -0.3 is 25.2 Å². The van der Waals surface area contributed by atoms with E-state index in [-0.39, 0.29) is 28.1 Å². The summed E-state index contributed by atoms with van der Waals surface area (Å²) in [5.74, 6) is -0.873. The highest BCUT2D eigenvalue weighted by Crippen LogP contribution is 2.32. The number of methoxy groups -OCH3 is 1. The maximum atomic E-state index is 16.0. The average molecular weight is 568 g/mol. The molecule has 0 spiro atoms. The number of piperazine rings is 1. The van der Waals surface area contributed by atoms with Crippen molar-refractivity contribution in [3.8, 4) is 6.01 Å². The summed E-state index contributed by atoms with van der Waals surface area (Å²) >= 11 is 0. The molecule has 3 aliphatic rings. The van der Waals surface area contributed by atoms with Crippen LogP contribution < -0.4 is 30.7 Å². The van der Waals surface area contributed by atoms with E-state index in [9.17, 15) is 9.18 Å². The standard InChI is InChI=1S/C24H24F2N6O2.C4H9N.C2H6/c1-3-13-5-4-6-17(25)18(13)21(28-12-33)22-19(26)20-16(9-27-22)23(31-24(30-20)34-2)32-10-14-7-8-15(11-32)29-14;1-5-3-2-4-5;1-2/h3-6,9,12,14-15,29H,7-8,10-11H2,1-2H3,(H,28,33);2-4H2,1H3;1-2H3/b13-3-,21-18+;;. The van der Waals surface area contributed by atoms with E-state index in [0.717, 1.165) is 25.9 Å². The lowest BCUT2D eigenvalue weighted by molar-refractivity contribution is -0.108. The number of nitrogens with one attached hydrogen (secondary N) is 2. The number of ether oxygens (including phenoxy) is 1. The van der Waals surface area contributed by atoms with Crippen LogP contribution in [0.15, 0.2) is 24.4 Å². The molecule has 3 fully saturated rings. The van der Waals surface area contributed by atoms with E-state index in [2.05, 4.69) is 42.4 Å². The van der Waals surface area contributed by atoms with Gasteiger partial charge in [-0.3, -0.25) is 9.78 Å². The first-order valence-corrected chi connectivity index (χ1v) is 14.2. The summed E-state index contributed by atoms with van der Waals surface area (Å²) < 4.78 is 36.1. The zero-order chi connectivity index (χ0) is 29.5. The van der Waals surface area contributed by atoms with E-state index in [0.29, 0.717) is 34.9 Å². The molecule has 2 bridgehead atoms. The van der Waals surface area contributed by atoms with Crippen molar-refractivity contribution < 1.29 is 18.3 Å². The van der Waals surface area contributed by atoms with Crippen LogP contribution >= 0.6 is 0 Å². The van der Waals surface area contributed by atoms with Gasteiger partial charge in [0.25, 0.3) is 0 Å². The van der Waals surface area contributed by atoms with Crippen LogP contribution in [0.2, 0.25) is 0 Å². The van der Waals surface area contributed by atoms with Gasteiger partial charge in [0.05, 0.1) is 18.2 Å². The van der Waals surface area contributed by atoms with Crippen molar-refractivity contribution in [3.63, 3.8) is 0 Å². The Morgan fingerprint density at radius 2 is 1.83 bits per heavy atom. The monoisotopic (exact) mass is 567 g/mol. The van der Waals surface area contributed by atoms with Crippen LogP contribution in [0, 0.1) is 11.6 Å². The fraction of sp³-hybridized carbons (Fsp3) is 0.467. The van der Waals surface area contributed by atoms with Crippen LogP contribution in [-0.4, -0.2) is 78.7 Å². The molecule has 3 saturated heterocycles. The second kappa shape index (κ2) is 13.8. The molecule has 5 heterocycles. The number of amides is 1. The van der Waals surface area contributed by atoms with Gasteiger partial charge in [0.2, 0.25) is 6.41 Å². The number of hydrogen-bond donors (Lipinski definition) is 2. The van der Waals surface area contributed by atoms with Gasteiger partial charge in [0.15, 0.2) is 5.82 Å². The highest BCUT2D eigenvalue weighted by Gasteiger charge is 2.34. The first kappa shape index (κ1) is 30.3. The Bertz CT molecular complexity index is 1480. The van der Waals surface area contributed by atoms with E-state index >= 15 is 4.39 Å². The van der Waals surface area contributed by atoms with E-state index in [4.69, 9.17) is 4.74 Å². The summed E-state index contributed by atoms with van der Waals surface area (Å²) in [7, 11) is 3.56. The van der Waals surface area contributed by atoms with E-state index in [1.807, 2.05) is 13.8 Å². The van der Waals surface area contributed by atoms with Crippen LogP contribution in [-0.2, 0) is 4.79 Å². The lowest BCUT2D eigenvalue weighted by Gasteiger charge is -2.34. The summed E-state index contributed by atoms with van der Waals surface area (Å²) in [6.07, 6.45) is 7.08. The molecule has 0 aliphatic carbocycles. The second-order valence-electron chi connectivity index (χ2n) is 10.0. The van der Waals surface area contributed by atoms with Gasteiger partial charge in [-0.25, -0.2) is 8.78 Å². The molecule has 1 amide bonds. The highest BCUT2D eigenvalue weighted by molar-refractivity contribution is 5.91. The summed E-state index contributed by atoms with van der Waals surface area (Å²) in [5.41, 5.74) is -0.318. The third-order valence-corrected chi connectivity index (χ3v) is 7.47. The van der Waals surface area contributed by atoms with Crippen LogP contribution in [0.1, 0.15) is 45.7 Å². The van der Waals surface area contributed by atoms with E-state index in [1.54, 1.807) is 25.1 Å². The van der Waals surface area contributed by atoms with Gasteiger partial charge in [0, 0.05) is 36.6 Å². The number of aromatic nitrogens is 3. The molecule has 2 N–H and O–H groups in total. The molecular weight excluding hydrogens is 528 g/mol. The molecule has 6 rings (SSSR count). The van der Waals surface area contributed by atoms with Crippen LogP contribution in [0.4, 0.5) is 14.6 Å². The second-order valence-corrected chi connectivity index (χ2v) is 10.0. The van der Waals surface area contributed by atoms with Gasteiger partial charge in [-0.15, -0.1) is 0 Å². The van der Waals surface area contributed by atoms with Crippen molar-refractivity contribution in [2.24, 2.45) is 0 Å². The Kier molecular flexibility index (Phi) is 10.2. The summed E-state index contributed by atoms with van der Waals surface area (Å²) in [4.78, 5) is 28.9. The number of hydrogen-bond acceptors (Lipinski definition) is 8. The Hall–Kier alpha value is -3.70. The number of carbonyl (C=O) groups is 1. The molecular formula is C30H39F2N7O2. The zero-order valence-electron chi connectivity index (χ0n) is 24.4. The summed E-state index contributed by atoms with van der Waals surface area (Å²) in [5, 5.41) is 6.96. The normalized spacial score (nSPS) is 20.8. The van der Waals surface area contributed by atoms with Gasteiger partial charge >= 0.3 is 6.01 Å². The number of benzene rings is 1. The van der Waals surface area contributed by atoms with Crippen molar-refractivity contribution in [1.29, 1.82) is 0 Å². The Balaban J connectivity index is 0.000000492. The maximum Gasteiger partial charge on any atom is 0.318 e. The van der Waals surface area contributed by atoms with Crippen molar-refractivity contribution in [2.45, 2.75) is 52.1 Å². The molecule has 220 valence electrons. The number of halogens is 2. The zero-order valence-corrected chi connectivity index (χ0v) is 24.4. The molecule has 11 heteroatoms. The number of fused-ring (bicyclic) bond motifs is 3. The molecule has 2 aromatic heterocycles. The molecule has 0 radical (unpaired) electrons. The van der Waals surface area contributed by atoms with Crippen molar-refractivity contribution >= 4 is 34.9 Å². The first-order chi connectivity index (χ1) is 19.9. The van der Waals surface area contributed by atoms with Crippen LogP contribution in [0.5, 0.6) is 6.01 Å². The number of anilines is 1. The SMILES string of the molecule is C/C=c1/cccc(F)/c1=C(/NC=O)c1ncc2c(N3CC4CCC(C3)N4)nc(OC)nc2c1F.CC.CN1CCC1. The Morgan fingerprint density at radius 3 is 2.39 bits per heavy atom. The van der Waals surface area contributed by atoms with Crippen LogP contribution in [0.3, 0.4) is 0 Å². The molecule has 2 atom stereocenters. The molecule has 1 aromatic carbocycles. The van der Waals surface area contributed by atoms with Gasteiger partial charge in [0.1, 0.15) is 22.8 Å². The van der Waals surface area contributed by atoms with Crippen LogP contribution in [0.25, 0.3) is 22.7 Å². The van der Waals surface area contributed by atoms with Gasteiger partial charge in [-0.2, -0.15) is 9.97 Å².